The first-order valence-corrected chi connectivity index (χ1v) is 5.73. The summed E-state index contributed by atoms with van der Waals surface area (Å²) in [5.74, 6) is 0.950. The molecule has 0 spiro atoms. The van der Waals surface area contributed by atoms with E-state index in [1.807, 2.05) is 13.1 Å². The molecule has 3 heteroatoms. The van der Waals surface area contributed by atoms with Crippen LogP contribution < -0.4 is 5.32 Å². The summed E-state index contributed by atoms with van der Waals surface area (Å²) < 4.78 is 0. The van der Waals surface area contributed by atoms with E-state index in [0.29, 0.717) is 0 Å². The van der Waals surface area contributed by atoms with E-state index in [9.17, 15) is 0 Å². The van der Waals surface area contributed by atoms with Crippen molar-refractivity contribution < 1.29 is 0 Å². The summed E-state index contributed by atoms with van der Waals surface area (Å²) in [5.41, 5.74) is 1.30. The van der Waals surface area contributed by atoms with Gasteiger partial charge < -0.3 is 10.2 Å². The van der Waals surface area contributed by atoms with Gasteiger partial charge in [0.25, 0.3) is 0 Å². The molecule has 0 aliphatic carbocycles. The number of aliphatic imine (C=N–C) groups is 1. The summed E-state index contributed by atoms with van der Waals surface area (Å²) in [6.45, 7) is 3.99. The molecule has 0 aliphatic heterocycles. The molecule has 1 aromatic carbocycles. The van der Waals surface area contributed by atoms with Gasteiger partial charge in [0.15, 0.2) is 5.96 Å². The Hall–Kier alpha value is -1.51. The van der Waals surface area contributed by atoms with Gasteiger partial charge in [-0.2, -0.15) is 0 Å². The van der Waals surface area contributed by atoms with E-state index in [1.54, 1.807) is 0 Å². The zero-order chi connectivity index (χ0) is 11.8. The Labute approximate surface area is 98.2 Å². The largest absolute Gasteiger partial charge is 0.356 e. The number of nitrogens with one attached hydrogen (secondary N) is 1. The topological polar surface area (TPSA) is 27.6 Å². The SMILES string of the molecule is CCCNC(=NC)N(C)Cc1ccccc1. The van der Waals surface area contributed by atoms with Gasteiger partial charge in [0.05, 0.1) is 0 Å². The summed E-state index contributed by atoms with van der Waals surface area (Å²) in [4.78, 5) is 6.38. The lowest BCUT2D eigenvalue weighted by Gasteiger charge is -2.21. The number of benzene rings is 1. The highest BCUT2D eigenvalue weighted by molar-refractivity contribution is 5.79. The van der Waals surface area contributed by atoms with Crippen LogP contribution in [-0.4, -0.2) is 31.5 Å². The Balaban J connectivity index is 2.53. The van der Waals surface area contributed by atoms with Crippen LogP contribution in [0.25, 0.3) is 0 Å². The molecule has 1 N–H and O–H groups in total. The molecule has 0 bridgehead atoms. The second kappa shape index (κ2) is 6.88. The van der Waals surface area contributed by atoms with E-state index in [-0.39, 0.29) is 0 Å². The highest BCUT2D eigenvalue weighted by Crippen LogP contribution is 2.02. The highest BCUT2D eigenvalue weighted by Gasteiger charge is 2.04. The molecule has 0 atom stereocenters. The first-order chi connectivity index (χ1) is 7.77. The lowest BCUT2D eigenvalue weighted by atomic mass is 10.2. The smallest absolute Gasteiger partial charge is 0.193 e. The summed E-state index contributed by atoms with van der Waals surface area (Å²) >= 11 is 0. The maximum absolute atomic E-state index is 4.25. The molecule has 0 aliphatic rings. The van der Waals surface area contributed by atoms with E-state index in [4.69, 9.17) is 0 Å². The molecule has 16 heavy (non-hydrogen) atoms. The van der Waals surface area contributed by atoms with E-state index in [2.05, 4.69) is 53.4 Å². The lowest BCUT2D eigenvalue weighted by molar-refractivity contribution is 0.477. The third kappa shape index (κ3) is 3.93. The molecule has 1 aromatic rings. The van der Waals surface area contributed by atoms with Crippen LogP contribution in [-0.2, 0) is 6.54 Å². The Kier molecular flexibility index (Phi) is 5.40. The lowest BCUT2D eigenvalue weighted by Crippen LogP contribution is -2.38. The Morgan fingerprint density at radius 2 is 2.00 bits per heavy atom. The summed E-state index contributed by atoms with van der Waals surface area (Å²) in [6.07, 6.45) is 1.11. The predicted octanol–water partition coefficient (Wildman–Crippen LogP) is 2.10. The van der Waals surface area contributed by atoms with E-state index in [0.717, 1.165) is 25.5 Å². The molecule has 1 rings (SSSR count). The average Bonchev–Trinajstić information content (AvgIpc) is 2.31. The fourth-order valence-electron chi connectivity index (χ4n) is 1.55. The van der Waals surface area contributed by atoms with Crippen LogP contribution in [0.15, 0.2) is 35.3 Å². The Bertz CT molecular complexity index is 319. The van der Waals surface area contributed by atoms with Gasteiger partial charge in [0.2, 0.25) is 0 Å². The number of hydrogen-bond donors (Lipinski definition) is 1. The van der Waals surface area contributed by atoms with Gasteiger partial charge in [-0.15, -0.1) is 0 Å². The predicted molar refractivity (Wildman–Crippen MR) is 69.6 cm³/mol. The molecule has 88 valence electrons. The molecule has 0 radical (unpaired) electrons. The highest BCUT2D eigenvalue weighted by atomic mass is 15.3. The average molecular weight is 219 g/mol. The van der Waals surface area contributed by atoms with Crippen molar-refractivity contribution >= 4 is 5.96 Å². The maximum atomic E-state index is 4.25. The summed E-state index contributed by atoms with van der Waals surface area (Å²) in [5, 5.41) is 3.32. The maximum Gasteiger partial charge on any atom is 0.193 e. The van der Waals surface area contributed by atoms with Gasteiger partial charge in [-0.3, -0.25) is 4.99 Å². The van der Waals surface area contributed by atoms with Crippen molar-refractivity contribution in [3.8, 4) is 0 Å². The van der Waals surface area contributed by atoms with Crippen molar-refractivity contribution in [2.45, 2.75) is 19.9 Å². The van der Waals surface area contributed by atoms with E-state index in [1.165, 1.54) is 5.56 Å². The third-order valence-corrected chi connectivity index (χ3v) is 2.37. The molecule has 0 fully saturated rings. The quantitative estimate of drug-likeness (QED) is 0.620. The van der Waals surface area contributed by atoms with Gasteiger partial charge in [-0.05, 0) is 12.0 Å². The Morgan fingerprint density at radius 1 is 1.31 bits per heavy atom. The minimum absolute atomic E-state index is 0.879. The number of nitrogens with zero attached hydrogens (tertiary/aromatic N) is 2. The van der Waals surface area contributed by atoms with Crippen LogP contribution in [0.4, 0.5) is 0 Å². The number of hydrogen-bond acceptors (Lipinski definition) is 1. The molecular formula is C13H21N3. The van der Waals surface area contributed by atoms with E-state index >= 15 is 0 Å². The number of rotatable bonds is 4. The van der Waals surface area contributed by atoms with Gasteiger partial charge in [-0.25, -0.2) is 0 Å². The molecule has 0 aromatic heterocycles. The summed E-state index contributed by atoms with van der Waals surface area (Å²) in [6, 6.07) is 10.4. The zero-order valence-corrected chi connectivity index (χ0v) is 10.4. The van der Waals surface area contributed by atoms with Crippen LogP contribution in [0.1, 0.15) is 18.9 Å². The van der Waals surface area contributed by atoms with Gasteiger partial charge in [0, 0.05) is 27.2 Å². The van der Waals surface area contributed by atoms with Crippen LogP contribution in [0.5, 0.6) is 0 Å². The standard InChI is InChI=1S/C13H21N3/c1-4-10-15-13(14-2)16(3)11-12-8-6-5-7-9-12/h5-9H,4,10-11H2,1-3H3,(H,14,15). The molecule has 0 amide bonds. The fraction of sp³-hybridized carbons (Fsp3) is 0.462. The first kappa shape index (κ1) is 12.6. The monoisotopic (exact) mass is 219 g/mol. The Morgan fingerprint density at radius 3 is 2.56 bits per heavy atom. The van der Waals surface area contributed by atoms with Crippen molar-refractivity contribution in [1.29, 1.82) is 0 Å². The molecule has 0 heterocycles. The second-order valence-corrected chi connectivity index (χ2v) is 3.82. The van der Waals surface area contributed by atoms with Crippen LogP contribution in [0, 0.1) is 0 Å². The second-order valence-electron chi connectivity index (χ2n) is 3.82. The van der Waals surface area contributed by atoms with Crippen molar-refractivity contribution in [1.82, 2.24) is 10.2 Å². The van der Waals surface area contributed by atoms with Gasteiger partial charge >= 0.3 is 0 Å². The normalized spacial score (nSPS) is 11.3. The van der Waals surface area contributed by atoms with Crippen molar-refractivity contribution in [2.75, 3.05) is 20.6 Å². The van der Waals surface area contributed by atoms with Crippen LogP contribution in [0.2, 0.25) is 0 Å². The molecular weight excluding hydrogens is 198 g/mol. The van der Waals surface area contributed by atoms with Gasteiger partial charge in [0.1, 0.15) is 0 Å². The van der Waals surface area contributed by atoms with Crippen LogP contribution >= 0.6 is 0 Å². The van der Waals surface area contributed by atoms with Crippen molar-refractivity contribution in [3.63, 3.8) is 0 Å². The molecule has 0 unspecified atom stereocenters. The summed E-state index contributed by atoms with van der Waals surface area (Å²) in [7, 11) is 3.87. The zero-order valence-electron chi connectivity index (χ0n) is 10.4. The molecule has 0 saturated heterocycles. The van der Waals surface area contributed by atoms with Crippen molar-refractivity contribution in [3.05, 3.63) is 35.9 Å². The first-order valence-electron chi connectivity index (χ1n) is 5.73. The van der Waals surface area contributed by atoms with Gasteiger partial charge in [-0.1, -0.05) is 37.3 Å². The molecule has 3 nitrogen and oxygen atoms in total. The van der Waals surface area contributed by atoms with E-state index < -0.39 is 0 Å². The minimum Gasteiger partial charge on any atom is -0.356 e. The van der Waals surface area contributed by atoms with Crippen molar-refractivity contribution in [2.24, 2.45) is 4.99 Å². The van der Waals surface area contributed by atoms with Crippen LogP contribution in [0.3, 0.4) is 0 Å². The minimum atomic E-state index is 0.879. The molecule has 0 saturated carbocycles. The fourth-order valence-corrected chi connectivity index (χ4v) is 1.55. The third-order valence-electron chi connectivity index (χ3n) is 2.37. The number of guanidine groups is 1.